The van der Waals surface area contributed by atoms with Crippen LogP contribution in [0.2, 0.25) is 0 Å². The lowest BCUT2D eigenvalue weighted by Gasteiger charge is -2.21. The largest absolute Gasteiger partial charge is 0.485 e. The van der Waals surface area contributed by atoms with Gasteiger partial charge in [0.15, 0.2) is 11.6 Å². The van der Waals surface area contributed by atoms with Crippen molar-refractivity contribution in [3.63, 3.8) is 0 Å². The van der Waals surface area contributed by atoms with Gasteiger partial charge in [-0.15, -0.1) is 0 Å². The zero-order valence-electron chi connectivity index (χ0n) is 16.1. The molecule has 2 fully saturated rings. The number of fused-ring (bicyclic) bond motifs is 1. The second kappa shape index (κ2) is 8.57. The van der Waals surface area contributed by atoms with Crippen molar-refractivity contribution in [2.24, 2.45) is 17.8 Å². The Morgan fingerprint density at radius 1 is 1.24 bits per heavy atom. The van der Waals surface area contributed by atoms with E-state index < -0.39 is 6.10 Å². The van der Waals surface area contributed by atoms with Crippen molar-refractivity contribution in [3.8, 4) is 5.75 Å². The fourth-order valence-corrected chi connectivity index (χ4v) is 3.75. The Bertz CT molecular complexity index is 876. The Balaban J connectivity index is 1.35. The van der Waals surface area contributed by atoms with E-state index in [9.17, 15) is 9.59 Å². The quantitative estimate of drug-likeness (QED) is 0.715. The third-order valence-electron chi connectivity index (χ3n) is 5.29. The van der Waals surface area contributed by atoms with E-state index >= 15 is 0 Å². The number of carbonyl (C=O) groups excluding carboxylic acids is 2. The summed E-state index contributed by atoms with van der Waals surface area (Å²) in [7, 11) is 0. The molecule has 8 heteroatoms. The van der Waals surface area contributed by atoms with Crippen molar-refractivity contribution >= 4 is 17.7 Å². The molecule has 4 rings (SSSR count). The summed E-state index contributed by atoms with van der Waals surface area (Å²) in [4.78, 5) is 32.9. The minimum Gasteiger partial charge on any atom is -0.485 e. The number of rotatable bonds is 7. The van der Waals surface area contributed by atoms with Crippen LogP contribution in [0.5, 0.6) is 5.75 Å². The van der Waals surface area contributed by atoms with Crippen LogP contribution in [-0.4, -0.2) is 41.2 Å². The van der Waals surface area contributed by atoms with E-state index in [4.69, 9.17) is 14.2 Å². The van der Waals surface area contributed by atoms with Crippen LogP contribution in [0.3, 0.4) is 0 Å². The molecular formula is C21H23N3O5. The van der Waals surface area contributed by atoms with E-state index in [0.717, 1.165) is 5.56 Å². The summed E-state index contributed by atoms with van der Waals surface area (Å²) in [6, 6.07) is 7.22. The zero-order valence-corrected chi connectivity index (χ0v) is 16.1. The second-order valence-electron chi connectivity index (χ2n) is 7.15. The lowest BCUT2D eigenvalue weighted by Crippen LogP contribution is -2.34. The molecule has 0 spiro atoms. The van der Waals surface area contributed by atoms with Crippen LogP contribution >= 0.6 is 0 Å². The maximum atomic E-state index is 12.7. The lowest BCUT2D eigenvalue weighted by atomic mass is 10.1. The average Bonchev–Trinajstić information content (AvgIpc) is 3.47. The van der Waals surface area contributed by atoms with Gasteiger partial charge in [0, 0.05) is 24.2 Å². The number of ether oxygens (including phenoxy) is 3. The fourth-order valence-electron chi connectivity index (χ4n) is 3.75. The van der Waals surface area contributed by atoms with Crippen molar-refractivity contribution in [2.45, 2.75) is 26.1 Å². The molecular weight excluding hydrogens is 374 g/mol. The van der Waals surface area contributed by atoms with Gasteiger partial charge in [0.05, 0.1) is 19.1 Å². The van der Waals surface area contributed by atoms with Crippen LogP contribution < -0.4 is 10.1 Å². The smallest absolute Gasteiger partial charge is 0.309 e. The summed E-state index contributed by atoms with van der Waals surface area (Å²) >= 11 is 0. The minimum absolute atomic E-state index is 0.142. The number of amides is 1. The molecule has 29 heavy (non-hydrogen) atoms. The number of esters is 1. The van der Waals surface area contributed by atoms with E-state index in [1.54, 1.807) is 37.6 Å². The van der Waals surface area contributed by atoms with E-state index in [0.29, 0.717) is 37.8 Å². The lowest BCUT2D eigenvalue weighted by molar-refractivity contribution is -0.145. The van der Waals surface area contributed by atoms with Gasteiger partial charge in [0.2, 0.25) is 0 Å². The van der Waals surface area contributed by atoms with Crippen molar-refractivity contribution in [3.05, 3.63) is 48.4 Å². The Kier molecular flexibility index (Phi) is 5.71. The SMILES string of the molecule is CCOC(=O)[C@@H]1[C@@H]2CO[C@H](C(=O)Nc3ncccc3OCc3cccnc3)C[C@@H]21. The molecule has 0 unspecified atom stereocenters. The molecule has 1 aliphatic carbocycles. The van der Waals surface area contributed by atoms with Gasteiger partial charge < -0.3 is 19.5 Å². The minimum atomic E-state index is -0.621. The topological polar surface area (TPSA) is 99.6 Å². The molecule has 4 atom stereocenters. The first-order chi connectivity index (χ1) is 14.2. The Labute approximate surface area is 168 Å². The molecule has 2 aliphatic rings. The molecule has 152 valence electrons. The summed E-state index contributed by atoms with van der Waals surface area (Å²) in [5.41, 5.74) is 0.911. The highest BCUT2D eigenvalue weighted by atomic mass is 16.5. The van der Waals surface area contributed by atoms with Gasteiger partial charge in [0.25, 0.3) is 5.91 Å². The first kappa shape index (κ1) is 19.3. The van der Waals surface area contributed by atoms with Crippen molar-refractivity contribution in [2.75, 3.05) is 18.5 Å². The summed E-state index contributed by atoms with van der Waals surface area (Å²) in [5.74, 6) is 0.473. The number of pyridine rings is 2. The third kappa shape index (κ3) is 4.37. The molecule has 2 aromatic rings. The monoisotopic (exact) mass is 397 g/mol. The van der Waals surface area contributed by atoms with Crippen molar-refractivity contribution < 1.29 is 23.8 Å². The summed E-state index contributed by atoms with van der Waals surface area (Å²) in [6.07, 6.45) is 4.88. The predicted octanol–water partition coefficient (Wildman–Crippen LogP) is 2.21. The Hall–Kier alpha value is -3.00. The standard InChI is InChI=1S/C21H23N3O5/c1-2-27-21(26)18-14-9-17(29-12-15(14)18)20(25)24-19-16(6-4-8-23-19)28-11-13-5-3-7-22-10-13/h3-8,10,14-15,17-18H,2,9,11-12H2,1H3,(H,23,24,25)/t14-,15+,17-,18-/m0/s1. The number of nitrogens with zero attached hydrogens (tertiary/aromatic N) is 2. The van der Waals surface area contributed by atoms with Crippen molar-refractivity contribution in [1.82, 2.24) is 9.97 Å². The number of nitrogens with one attached hydrogen (secondary N) is 1. The van der Waals surface area contributed by atoms with Gasteiger partial charge in [-0.3, -0.25) is 14.6 Å². The summed E-state index contributed by atoms with van der Waals surface area (Å²) in [5, 5.41) is 2.79. The molecule has 0 bridgehead atoms. The predicted molar refractivity (Wildman–Crippen MR) is 103 cm³/mol. The average molecular weight is 397 g/mol. The number of hydrogen-bond acceptors (Lipinski definition) is 7. The Morgan fingerprint density at radius 3 is 2.90 bits per heavy atom. The molecule has 1 saturated carbocycles. The highest BCUT2D eigenvalue weighted by Crippen LogP contribution is 2.53. The maximum absolute atomic E-state index is 12.7. The van der Waals surface area contributed by atoms with Crippen LogP contribution in [0.25, 0.3) is 0 Å². The molecule has 1 aliphatic heterocycles. The third-order valence-corrected chi connectivity index (χ3v) is 5.29. The first-order valence-electron chi connectivity index (χ1n) is 9.73. The summed E-state index contributed by atoms with van der Waals surface area (Å²) < 4.78 is 16.6. The molecule has 8 nitrogen and oxygen atoms in total. The maximum Gasteiger partial charge on any atom is 0.309 e. The zero-order chi connectivity index (χ0) is 20.2. The van der Waals surface area contributed by atoms with Gasteiger partial charge in [-0.2, -0.15) is 0 Å². The Morgan fingerprint density at radius 2 is 2.10 bits per heavy atom. The van der Waals surface area contributed by atoms with Gasteiger partial charge in [0.1, 0.15) is 12.7 Å². The van der Waals surface area contributed by atoms with E-state index in [1.165, 1.54) is 0 Å². The van der Waals surface area contributed by atoms with Crippen LogP contribution in [-0.2, 0) is 25.7 Å². The number of anilines is 1. The van der Waals surface area contributed by atoms with Crippen molar-refractivity contribution in [1.29, 1.82) is 0 Å². The van der Waals surface area contributed by atoms with E-state index in [2.05, 4.69) is 15.3 Å². The number of carbonyl (C=O) groups is 2. The molecule has 3 heterocycles. The van der Waals surface area contributed by atoms with Gasteiger partial charge in [-0.25, -0.2) is 4.98 Å². The molecule has 0 aromatic carbocycles. The molecule has 2 aromatic heterocycles. The highest BCUT2D eigenvalue weighted by Gasteiger charge is 2.59. The van der Waals surface area contributed by atoms with Gasteiger partial charge in [-0.1, -0.05) is 6.07 Å². The van der Waals surface area contributed by atoms with Crippen LogP contribution in [0.15, 0.2) is 42.9 Å². The van der Waals surface area contributed by atoms with E-state index in [-0.39, 0.29) is 29.6 Å². The van der Waals surface area contributed by atoms with Gasteiger partial charge >= 0.3 is 5.97 Å². The number of hydrogen-bond donors (Lipinski definition) is 1. The fraction of sp³-hybridized carbons (Fsp3) is 0.429. The molecule has 1 saturated heterocycles. The van der Waals surface area contributed by atoms with Crippen LogP contribution in [0.4, 0.5) is 5.82 Å². The van der Waals surface area contributed by atoms with Gasteiger partial charge in [-0.05, 0) is 43.4 Å². The highest BCUT2D eigenvalue weighted by molar-refractivity contribution is 5.94. The number of aromatic nitrogens is 2. The molecule has 1 amide bonds. The second-order valence-corrected chi connectivity index (χ2v) is 7.15. The molecule has 0 radical (unpaired) electrons. The summed E-state index contributed by atoms with van der Waals surface area (Å²) in [6.45, 7) is 2.85. The van der Waals surface area contributed by atoms with Crippen LogP contribution in [0, 0.1) is 17.8 Å². The first-order valence-corrected chi connectivity index (χ1v) is 9.73. The normalized spacial score (nSPS) is 24.9. The van der Waals surface area contributed by atoms with E-state index in [1.807, 2.05) is 12.1 Å². The van der Waals surface area contributed by atoms with Crippen LogP contribution in [0.1, 0.15) is 18.9 Å². The molecule has 1 N–H and O–H groups in total.